The van der Waals surface area contributed by atoms with Crippen LogP contribution in [0.3, 0.4) is 0 Å². The minimum absolute atomic E-state index is 0.0101. The number of carbonyl (C=O) groups excluding carboxylic acids is 1. The predicted molar refractivity (Wildman–Crippen MR) is 115 cm³/mol. The van der Waals surface area contributed by atoms with Gasteiger partial charge in [0.05, 0.1) is 23.8 Å². The summed E-state index contributed by atoms with van der Waals surface area (Å²) in [5.41, 5.74) is 18.6. The highest BCUT2D eigenvalue weighted by molar-refractivity contribution is 5.97. The summed E-state index contributed by atoms with van der Waals surface area (Å²) in [5, 5.41) is 6.29. The highest BCUT2D eigenvalue weighted by Gasteiger charge is 2.23. The van der Waals surface area contributed by atoms with Crippen molar-refractivity contribution in [2.75, 3.05) is 10.6 Å². The third kappa shape index (κ3) is 5.52. The van der Waals surface area contributed by atoms with Crippen molar-refractivity contribution in [2.24, 2.45) is 22.2 Å². The molecule has 1 aliphatic rings. The second kappa shape index (κ2) is 9.65. The number of allylic oxidation sites excluding steroid dienone is 1. The van der Waals surface area contributed by atoms with Crippen molar-refractivity contribution in [1.29, 1.82) is 0 Å². The van der Waals surface area contributed by atoms with E-state index in [2.05, 4.69) is 25.6 Å². The maximum absolute atomic E-state index is 11.8. The molecule has 29 heavy (non-hydrogen) atoms. The van der Waals surface area contributed by atoms with Gasteiger partial charge in [-0.2, -0.15) is 0 Å². The number of primary amides is 1. The number of aromatic nitrogens is 2. The molecule has 2 atom stereocenters. The van der Waals surface area contributed by atoms with Crippen molar-refractivity contribution < 1.29 is 4.79 Å². The Balaban J connectivity index is 1.80. The van der Waals surface area contributed by atoms with Crippen LogP contribution in [0.1, 0.15) is 36.2 Å². The molecule has 1 aliphatic carbocycles. The summed E-state index contributed by atoms with van der Waals surface area (Å²) in [7, 11) is 0. The minimum Gasteiger partial charge on any atom is -0.403 e. The van der Waals surface area contributed by atoms with E-state index in [0.717, 1.165) is 31.4 Å². The van der Waals surface area contributed by atoms with E-state index in [4.69, 9.17) is 17.2 Å². The number of rotatable bonds is 7. The Labute approximate surface area is 169 Å². The number of para-hydroxylation sites is 1. The maximum Gasteiger partial charge on any atom is 0.271 e. The average molecular weight is 394 g/mol. The number of nitrogens with two attached hydrogens (primary N) is 3. The molecule has 1 heterocycles. The van der Waals surface area contributed by atoms with Crippen molar-refractivity contribution >= 4 is 29.4 Å². The van der Waals surface area contributed by atoms with Crippen LogP contribution in [-0.2, 0) is 0 Å². The van der Waals surface area contributed by atoms with Crippen molar-refractivity contribution in [2.45, 2.75) is 37.8 Å². The van der Waals surface area contributed by atoms with E-state index < -0.39 is 5.91 Å². The summed E-state index contributed by atoms with van der Waals surface area (Å²) < 4.78 is 0. The number of nitrogens with one attached hydrogen (secondary N) is 2. The van der Waals surface area contributed by atoms with E-state index in [1.807, 2.05) is 30.3 Å². The van der Waals surface area contributed by atoms with Crippen LogP contribution in [0.4, 0.5) is 17.3 Å². The Morgan fingerprint density at radius 3 is 2.66 bits per heavy atom. The van der Waals surface area contributed by atoms with Gasteiger partial charge in [0.15, 0.2) is 11.5 Å². The molecule has 9 nitrogen and oxygen atoms in total. The molecule has 0 spiro atoms. The fourth-order valence-electron chi connectivity index (χ4n) is 3.17. The van der Waals surface area contributed by atoms with Gasteiger partial charge in [0.25, 0.3) is 5.91 Å². The van der Waals surface area contributed by atoms with Crippen LogP contribution >= 0.6 is 0 Å². The number of hydrogen-bond donors (Lipinski definition) is 5. The van der Waals surface area contributed by atoms with Crippen LogP contribution in [0.2, 0.25) is 0 Å². The summed E-state index contributed by atoms with van der Waals surface area (Å²) in [5.74, 6) is 0.0107. The van der Waals surface area contributed by atoms with E-state index in [-0.39, 0.29) is 23.6 Å². The first-order valence-electron chi connectivity index (χ1n) is 9.54. The van der Waals surface area contributed by atoms with Crippen LogP contribution in [0.25, 0.3) is 0 Å². The zero-order valence-electron chi connectivity index (χ0n) is 16.1. The lowest BCUT2D eigenvalue weighted by atomic mass is 9.91. The molecule has 1 saturated carbocycles. The number of anilines is 2. The third-order valence-corrected chi connectivity index (χ3v) is 4.71. The van der Waals surface area contributed by atoms with Crippen LogP contribution < -0.4 is 27.8 Å². The molecule has 8 N–H and O–H groups in total. The molecular weight excluding hydrogens is 368 g/mol. The van der Waals surface area contributed by atoms with Crippen molar-refractivity contribution in [3.8, 4) is 0 Å². The zero-order valence-corrected chi connectivity index (χ0v) is 16.1. The smallest absolute Gasteiger partial charge is 0.271 e. The van der Waals surface area contributed by atoms with Crippen molar-refractivity contribution in [3.63, 3.8) is 0 Å². The van der Waals surface area contributed by atoms with Crippen molar-refractivity contribution in [3.05, 3.63) is 54.1 Å². The van der Waals surface area contributed by atoms with Crippen LogP contribution in [-0.4, -0.2) is 34.2 Å². The molecule has 1 amide bonds. The van der Waals surface area contributed by atoms with Gasteiger partial charge < -0.3 is 27.8 Å². The lowest BCUT2D eigenvalue weighted by Gasteiger charge is -2.29. The van der Waals surface area contributed by atoms with Crippen LogP contribution in [0.5, 0.6) is 0 Å². The average Bonchev–Trinajstić information content (AvgIpc) is 2.73. The fourth-order valence-corrected chi connectivity index (χ4v) is 3.17. The molecule has 0 unspecified atom stereocenters. The molecule has 0 saturated heterocycles. The number of nitrogens with zero attached hydrogens (tertiary/aromatic N) is 3. The number of amides is 1. The summed E-state index contributed by atoms with van der Waals surface area (Å²) in [6.45, 7) is 0. The molecule has 3 rings (SSSR count). The number of carbonyl (C=O) groups is 1. The Hall–Kier alpha value is -3.46. The quantitative estimate of drug-likeness (QED) is 0.448. The highest BCUT2D eigenvalue weighted by Crippen LogP contribution is 2.22. The molecule has 2 aromatic rings. The Bertz CT molecular complexity index is 897. The first kappa shape index (κ1) is 20.3. The summed E-state index contributed by atoms with van der Waals surface area (Å²) in [6.07, 6.45) is 8.51. The monoisotopic (exact) mass is 394 g/mol. The van der Waals surface area contributed by atoms with Gasteiger partial charge in [0.1, 0.15) is 5.82 Å². The summed E-state index contributed by atoms with van der Waals surface area (Å²) in [4.78, 5) is 24.7. The molecule has 1 fully saturated rings. The number of hydrogen-bond acceptors (Lipinski definition) is 8. The number of aliphatic imine (C=N–C) groups is 1. The molecule has 152 valence electrons. The largest absolute Gasteiger partial charge is 0.403 e. The highest BCUT2D eigenvalue weighted by atomic mass is 16.1. The Morgan fingerprint density at radius 1 is 1.21 bits per heavy atom. The predicted octanol–water partition coefficient (Wildman–Crippen LogP) is 1.87. The maximum atomic E-state index is 11.8. The van der Waals surface area contributed by atoms with Gasteiger partial charge in [-0.25, -0.2) is 9.97 Å². The second-order valence-corrected chi connectivity index (χ2v) is 6.86. The van der Waals surface area contributed by atoms with E-state index in [9.17, 15) is 4.79 Å². The molecule has 0 aliphatic heterocycles. The SMILES string of the molecule is NC=C(C=Nc1ccccc1)Nc1nc(N[C@@H]2CCCC[C@@H]2N)cnc1C(N)=O. The van der Waals surface area contributed by atoms with Gasteiger partial charge in [-0.15, -0.1) is 0 Å². The second-order valence-electron chi connectivity index (χ2n) is 6.86. The Morgan fingerprint density at radius 2 is 1.97 bits per heavy atom. The van der Waals surface area contributed by atoms with E-state index in [1.54, 1.807) is 6.21 Å². The topological polar surface area (TPSA) is 157 Å². The molecule has 1 aromatic carbocycles. The van der Waals surface area contributed by atoms with Gasteiger partial charge in [-0.05, 0) is 25.0 Å². The van der Waals surface area contributed by atoms with E-state index in [0.29, 0.717) is 11.5 Å². The normalized spacial score (nSPS) is 19.8. The molecule has 1 aromatic heterocycles. The van der Waals surface area contributed by atoms with Crippen LogP contribution in [0.15, 0.2) is 53.4 Å². The third-order valence-electron chi connectivity index (χ3n) is 4.71. The van der Waals surface area contributed by atoms with E-state index in [1.165, 1.54) is 12.4 Å². The Kier molecular flexibility index (Phi) is 6.75. The summed E-state index contributed by atoms with van der Waals surface area (Å²) in [6, 6.07) is 9.54. The van der Waals surface area contributed by atoms with Crippen LogP contribution in [0, 0.1) is 0 Å². The lowest BCUT2D eigenvalue weighted by molar-refractivity contribution is 0.0996. The first-order chi connectivity index (χ1) is 14.1. The van der Waals surface area contributed by atoms with Gasteiger partial charge in [0.2, 0.25) is 0 Å². The van der Waals surface area contributed by atoms with Gasteiger partial charge in [-0.1, -0.05) is 31.0 Å². The number of benzene rings is 1. The molecular formula is C20H26N8O. The minimum atomic E-state index is -0.697. The van der Waals surface area contributed by atoms with Gasteiger partial charge >= 0.3 is 0 Å². The van der Waals surface area contributed by atoms with Gasteiger partial charge in [-0.3, -0.25) is 9.79 Å². The van der Waals surface area contributed by atoms with Gasteiger partial charge in [0, 0.05) is 18.3 Å². The summed E-state index contributed by atoms with van der Waals surface area (Å²) >= 11 is 0. The molecule has 9 heteroatoms. The van der Waals surface area contributed by atoms with E-state index >= 15 is 0 Å². The molecule has 0 radical (unpaired) electrons. The molecule has 0 bridgehead atoms. The standard InChI is InChI=1S/C20H26N8O/c21-10-14(11-24-13-6-2-1-3-7-13)26-20-18(19(23)29)25-12-17(28-20)27-16-9-5-4-8-15(16)22/h1-3,6-7,10-12,15-16H,4-5,8-9,21-22H2,(H2,23,29)(H2,26,27,28)/t15-,16+/m0/s1. The first-order valence-corrected chi connectivity index (χ1v) is 9.54. The van der Waals surface area contributed by atoms with Crippen molar-refractivity contribution in [1.82, 2.24) is 9.97 Å². The fraction of sp³-hybridized carbons (Fsp3) is 0.300. The zero-order chi connectivity index (χ0) is 20.6. The lowest BCUT2D eigenvalue weighted by Crippen LogP contribution is -2.42.